The standard InChI is InChI=1S/C29H35N7O4.C24H27N7O2.C14H20N2O2/c1-7-35-25(37)21-16-30-26(33-24(21)36(35)23-10-8-9-22(32-23)29(5,6)39)31-20-12-11-18-13-14-34(17-19(18)15-20)27(38)40-28(2,3)4;1-4-30-22(32)18-14-26-23(27-17-9-8-15-10-11-25-13-16(15)12-17)29-21(18)31(30)20-7-5-6-19(28-20)24(2,3)33;1-14(2,3)18-13(17)16-7-6-10-4-5-12(15)8-11(10)9-16/h8-12,15-16,39H,7,13-14,17H2,1-6H3,(H,30,31,33);5-9,12,14,25,33H,4,10-11,13H2,1-3H3,(H,26,27,29);4-5,8H,6-7,9,15H2,1-3H3. The Balaban J connectivity index is 0.000000160. The molecule has 0 unspecified atom stereocenters. The van der Waals surface area contributed by atoms with Crippen LogP contribution < -0.4 is 32.8 Å². The third kappa shape index (κ3) is 14.9. The normalized spacial score (nSPS) is 14.1. The van der Waals surface area contributed by atoms with Crippen LogP contribution in [0.4, 0.5) is 38.5 Å². The highest BCUT2D eigenvalue weighted by Gasteiger charge is 2.29. The molecule has 12 rings (SSSR count). The van der Waals surface area contributed by atoms with Gasteiger partial charge in [-0.05, 0) is 203 Å². The molecular formula is C67H82N16O8. The first-order chi connectivity index (χ1) is 43.0. The van der Waals surface area contributed by atoms with Crippen molar-refractivity contribution in [3.8, 4) is 11.6 Å². The number of carbonyl (C=O) groups excluding carboxylic acids is 2. The van der Waals surface area contributed by atoms with Gasteiger partial charge in [0.1, 0.15) is 33.2 Å². The van der Waals surface area contributed by atoms with Crippen LogP contribution >= 0.6 is 0 Å². The molecule has 0 atom stereocenters. The molecule has 478 valence electrons. The molecule has 2 amide bonds. The largest absolute Gasteiger partial charge is 0.444 e. The molecule has 0 radical (unpaired) electrons. The summed E-state index contributed by atoms with van der Waals surface area (Å²) < 4.78 is 17.4. The lowest BCUT2D eigenvalue weighted by Crippen LogP contribution is -2.39. The van der Waals surface area contributed by atoms with Gasteiger partial charge in [-0.2, -0.15) is 9.97 Å². The lowest BCUT2D eigenvalue weighted by molar-refractivity contribution is 0.0214. The summed E-state index contributed by atoms with van der Waals surface area (Å²) in [7, 11) is 0. The maximum Gasteiger partial charge on any atom is 0.410 e. The van der Waals surface area contributed by atoms with E-state index in [1.54, 1.807) is 92.8 Å². The van der Waals surface area contributed by atoms with E-state index in [-0.39, 0.29) is 23.3 Å². The van der Waals surface area contributed by atoms with Crippen molar-refractivity contribution in [3.63, 3.8) is 0 Å². The Bertz CT molecular complexity index is 4310. The Morgan fingerprint density at radius 2 is 0.989 bits per heavy atom. The second-order valence-corrected chi connectivity index (χ2v) is 25.9. The number of aliphatic hydroxyl groups is 2. The zero-order valence-corrected chi connectivity index (χ0v) is 53.9. The number of carbonyl (C=O) groups is 2. The quantitative estimate of drug-likeness (QED) is 0.0695. The monoisotopic (exact) mass is 1240 g/mol. The van der Waals surface area contributed by atoms with Crippen molar-refractivity contribution >= 4 is 63.2 Å². The number of nitrogen functional groups attached to an aromatic ring is 1. The third-order valence-electron chi connectivity index (χ3n) is 15.5. The van der Waals surface area contributed by atoms with Crippen molar-refractivity contribution in [2.75, 3.05) is 36.0 Å². The molecule has 3 aliphatic rings. The average Bonchev–Trinajstić information content (AvgIpc) is 1.62. The Kier molecular flexibility index (Phi) is 18.2. The number of anilines is 5. The summed E-state index contributed by atoms with van der Waals surface area (Å²) >= 11 is 0. The molecule has 0 saturated carbocycles. The fourth-order valence-electron chi connectivity index (χ4n) is 11.0. The Hall–Kier alpha value is -9.52. The molecular weight excluding hydrogens is 1160 g/mol. The van der Waals surface area contributed by atoms with Gasteiger partial charge in [-0.15, -0.1) is 0 Å². The molecule has 24 heteroatoms. The van der Waals surface area contributed by atoms with Crippen LogP contribution in [0.15, 0.2) is 113 Å². The van der Waals surface area contributed by atoms with E-state index in [1.165, 1.54) is 28.5 Å². The van der Waals surface area contributed by atoms with Crippen molar-refractivity contribution in [3.05, 3.63) is 169 Å². The number of ether oxygens (including phenoxy) is 2. The molecule has 0 aliphatic carbocycles. The molecule has 6 aromatic heterocycles. The maximum atomic E-state index is 13.2. The Morgan fingerprint density at radius 3 is 1.43 bits per heavy atom. The molecule has 7 N–H and O–H groups in total. The molecule has 9 aromatic rings. The van der Waals surface area contributed by atoms with Gasteiger partial charge in [-0.1, -0.05) is 30.3 Å². The number of nitrogens with two attached hydrogens (primary N) is 1. The molecule has 0 fully saturated rings. The van der Waals surface area contributed by atoms with Gasteiger partial charge in [0.05, 0.1) is 11.4 Å². The zero-order valence-electron chi connectivity index (χ0n) is 53.9. The number of amides is 2. The number of aromatic nitrogens is 10. The number of fused-ring (bicyclic) bond motifs is 5. The number of nitrogens with zero attached hydrogens (tertiary/aromatic N) is 12. The lowest BCUT2D eigenvalue weighted by atomic mass is 9.99. The minimum Gasteiger partial charge on any atom is -0.444 e. The summed E-state index contributed by atoms with van der Waals surface area (Å²) in [5.74, 6) is 1.68. The first-order valence-electron chi connectivity index (χ1n) is 30.7. The molecule has 3 aromatic carbocycles. The fraction of sp³-hybridized carbons (Fsp3) is 0.403. The smallest absolute Gasteiger partial charge is 0.410 e. The highest BCUT2D eigenvalue weighted by atomic mass is 16.6. The van der Waals surface area contributed by atoms with Gasteiger partial charge in [0.15, 0.2) is 22.9 Å². The number of hydrogen-bond acceptors (Lipinski definition) is 18. The lowest BCUT2D eigenvalue weighted by Gasteiger charge is -2.31. The maximum absolute atomic E-state index is 13.2. The van der Waals surface area contributed by atoms with E-state index in [0.29, 0.717) is 96.3 Å². The van der Waals surface area contributed by atoms with Gasteiger partial charge < -0.3 is 51.2 Å². The average molecular weight is 1240 g/mol. The van der Waals surface area contributed by atoms with Crippen molar-refractivity contribution in [2.24, 2.45) is 0 Å². The SMILES string of the molecule is CC(C)(C)OC(=O)N1CCc2ccc(N)cc2C1.CCn1c(=O)c2cnc(Nc3ccc4c(c3)CN(C(=O)OC(C)(C)C)CC4)nc2n1-c1cccc(C(C)(C)O)n1.CCn1c(=O)c2cnc(Nc3ccc4c(c3)CNCC4)nc2n1-c1cccc(C(C)(C)O)n1. The van der Waals surface area contributed by atoms with Crippen LogP contribution in [0, 0.1) is 0 Å². The Morgan fingerprint density at radius 1 is 0.560 bits per heavy atom. The van der Waals surface area contributed by atoms with Crippen LogP contribution in [-0.4, -0.2) is 112 Å². The molecule has 0 bridgehead atoms. The topological polar surface area (TPSA) is 293 Å². The number of rotatable bonds is 10. The predicted molar refractivity (Wildman–Crippen MR) is 350 cm³/mol. The summed E-state index contributed by atoms with van der Waals surface area (Å²) in [4.78, 5) is 81.6. The highest BCUT2D eigenvalue weighted by molar-refractivity contribution is 5.78. The van der Waals surface area contributed by atoms with E-state index in [9.17, 15) is 29.4 Å². The summed E-state index contributed by atoms with van der Waals surface area (Å²) in [6.45, 7) is 26.6. The first kappa shape index (κ1) is 64.5. The molecule has 91 heavy (non-hydrogen) atoms. The van der Waals surface area contributed by atoms with E-state index in [0.717, 1.165) is 60.5 Å². The van der Waals surface area contributed by atoms with Crippen LogP contribution in [0.3, 0.4) is 0 Å². The summed E-state index contributed by atoms with van der Waals surface area (Å²) in [5.41, 5.74) is 13.5. The number of nitrogens with one attached hydrogen (secondary N) is 3. The van der Waals surface area contributed by atoms with E-state index in [1.807, 2.05) is 104 Å². The van der Waals surface area contributed by atoms with Crippen LogP contribution in [0.25, 0.3) is 33.7 Å². The van der Waals surface area contributed by atoms with Crippen molar-refractivity contribution < 1.29 is 29.3 Å². The molecule has 0 spiro atoms. The second-order valence-electron chi connectivity index (χ2n) is 25.9. The first-order valence-corrected chi connectivity index (χ1v) is 30.7. The highest BCUT2D eigenvalue weighted by Crippen LogP contribution is 2.29. The summed E-state index contributed by atoms with van der Waals surface area (Å²) in [5, 5.41) is 31.6. The van der Waals surface area contributed by atoms with Crippen molar-refractivity contribution in [2.45, 2.75) is 157 Å². The summed E-state index contributed by atoms with van der Waals surface area (Å²) in [6, 6.07) is 28.8. The van der Waals surface area contributed by atoms with E-state index in [4.69, 9.17) is 20.2 Å². The van der Waals surface area contributed by atoms with Crippen LogP contribution in [0.1, 0.15) is 128 Å². The Labute approximate surface area is 528 Å². The van der Waals surface area contributed by atoms with Crippen LogP contribution in [0.2, 0.25) is 0 Å². The van der Waals surface area contributed by atoms with Gasteiger partial charge in [0.2, 0.25) is 11.9 Å². The van der Waals surface area contributed by atoms with E-state index >= 15 is 0 Å². The molecule has 0 saturated heterocycles. The third-order valence-corrected chi connectivity index (χ3v) is 15.5. The number of pyridine rings is 2. The molecule has 24 nitrogen and oxygen atoms in total. The molecule has 3 aliphatic heterocycles. The van der Waals surface area contributed by atoms with Crippen LogP contribution in [0.5, 0.6) is 0 Å². The van der Waals surface area contributed by atoms with Gasteiger partial charge in [0.25, 0.3) is 11.1 Å². The number of hydrogen-bond donors (Lipinski definition) is 6. The minimum absolute atomic E-state index is 0.186. The second kappa shape index (κ2) is 25.8. The van der Waals surface area contributed by atoms with Gasteiger partial charge in [-0.3, -0.25) is 9.59 Å². The number of benzene rings is 3. The predicted octanol–water partition coefficient (Wildman–Crippen LogP) is 9.44. The molecule has 9 heterocycles. The van der Waals surface area contributed by atoms with Gasteiger partial charge >= 0.3 is 12.2 Å². The van der Waals surface area contributed by atoms with Gasteiger partial charge in [0, 0.05) is 75.3 Å². The zero-order chi connectivity index (χ0) is 65.3. The fourth-order valence-corrected chi connectivity index (χ4v) is 11.0. The van der Waals surface area contributed by atoms with Crippen LogP contribution in [-0.2, 0) is 72.7 Å². The minimum atomic E-state index is -1.15. The van der Waals surface area contributed by atoms with E-state index in [2.05, 4.69) is 53.0 Å². The van der Waals surface area contributed by atoms with Crippen molar-refractivity contribution in [1.29, 1.82) is 0 Å². The van der Waals surface area contributed by atoms with Crippen molar-refractivity contribution in [1.82, 2.24) is 63.7 Å². The summed E-state index contributed by atoms with van der Waals surface area (Å²) in [6.07, 6.45) is 5.10. The van der Waals surface area contributed by atoms with E-state index < -0.39 is 22.4 Å². The van der Waals surface area contributed by atoms with Gasteiger partial charge in [-0.25, -0.2) is 48.3 Å².